The standard InChI is InChI=1S/C15H21NO2/c1-2-9-17-14-7-5-13(6-8-14)11-16-12-15-4-3-10-18-15/h2,5-8,15-16H,1,3-4,9-12H2/p+1/t15-/m0/s1. The molecule has 0 aromatic heterocycles. The molecule has 3 heteroatoms. The van der Waals surface area contributed by atoms with Crippen molar-refractivity contribution >= 4 is 0 Å². The smallest absolute Gasteiger partial charge is 0.119 e. The molecular weight excluding hydrogens is 226 g/mol. The second kappa shape index (κ2) is 7.19. The fraction of sp³-hybridized carbons (Fsp3) is 0.467. The number of rotatable bonds is 7. The minimum Gasteiger partial charge on any atom is -0.490 e. The van der Waals surface area contributed by atoms with Gasteiger partial charge in [-0.05, 0) is 37.1 Å². The van der Waals surface area contributed by atoms with E-state index in [2.05, 4.69) is 24.0 Å². The van der Waals surface area contributed by atoms with E-state index in [0.29, 0.717) is 12.7 Å². The Balaban J connectivity index is 1.70. The quantitative estimate of drug-likeness (QED) is 0.742. The highest BCUT2D eigenvalue weighted by Crippen LogP contribution is 2.12. The Labute approximate surface area is 109 Å². The normalized spacial score (nSPS) is 18.8. The van der Waals surface area contributed by atoms with Crippen LogP contribution >= 0.6 is 0 Å². The van der Waals surface area contributed by atoms with Crippen molar-refractivity contribution in [2.45, 2.75) is 25.5 Å². The molecule has 0 spiro atoms. The third kappa shape index (κ3) is 4.17. The highest BCUT2D eigenvalue weighted by Gasteiger charge is 2.16. The minimum absolute atomic E-state index is 0.459. The molecule has 0 radical (unpaired) electrons. The lowest BCUT2D eigenvalue weighted by atomic mass is 10.2. The van der Waals surface area contributed by atoms with E-state index < -0.39 is 0 Å². The first-order valence-electron chi connectivity index (χ1n) is 6.64. The van der Waals surface area contributed by atoms with E-state index in [1.807, 2.05) is 12.1 Å². The molecule has 1 aliphatic heterocycles. The van der Waals surface area contributed by atoms with Crippen molar-refractivity contribution in [2.24, 2.45) is 0 Å². The molecule has 0 saturated carbocycles. The monoisotopic (exact) mass is 248 g/mol. The van der Waals surface area contributed by atoms with Gasteiger partial charge in [-0.25, -0.2) is 0 Å². The predicted molar refractivity (Wildman–Crippen MR) is 71.6 cm³/mol. The average Bonchev–Trinajstić information content (AvgIpc) is 2.91. The molecule has 98 valence electrons. The summed E-state index contributed by atoms with van der Waals surface area (Å²) in [5, 5.41) is 2.32. The van der Waals surface area contributed by atoms with Gasteiger partial charge in [0.15, 0.2) is 0 Å². The van der Waals surface area contributed by atoms with Gasteiger partial charge in [0.25, 0.3) is 0 Å². The molecular formula is C15H22NO2+. The van der Waals surface area contributed by atoms with Crippen molar-refractivity contribution in [3.63, 3.8) is 0 Å². The van der Waals surface area contributed by atoms with E-state index in [0.717, 1.165) is 25.4 Å². The molecule has 3 nitrogen and oxygen atoms in total. The van der Waals surface area contributed by atoms with Crippen molar-refractivity contribution < 1.29 is 14.8 Å². The van der Waals surface area contributed by atoms with Crippen LogP contribution in [-0.2, 0) is 11.3 Å². The van der Waals surface area contributed by atoms with Crippen LogP contribution in [0.3, 0.4) is 0 Å². The van der Waals surface area contributed by atoms with Crippen LogP contribution in [0.4, 0.5) is 0 Å². The van der Waals surface area contributed by atoms with Gasteiger partial charge in [0.05, 0.1) is 0 Å². The highest BCUT2D eigenvalue weighted by molar-refractivity contribution is 5.26. The second-order valence-electron chi connectivity index (χ2n) is 4.61. The first-order chi connectivity index (χ1) is 8.88. The molecule has 0 aliphatic carbocycles. The van der Waals surface area contributed by atoms with Gasteiger partial charge >= 0.3 is 0 Å². The van der Waals surface area contributed by atoms with Gasteiger partial charge < -0.3 is 14.8 Å². The summed E-state index contributed by atoms with van der Waals surface area (Å²) in [5.74, 6) is 0.901. The Morgan fingerprint density at radius 1 is 1.39 bits per heavy atom. The van der Waals surface area contributed by atoms with E-state index in [1.54, 1.807) is 6.08 Å². The van der Waals surface area contributed by atoms with Gasteiger partial charge in [0.2, 0.25) is 0 Å². The molecule has 2 rings (SSSR count). The second-order valence-corrected chi connectivity index (χ2v) is 4.61. The van der Waals surface area contributed by atoms with Crippen LogP contribution in [-0.4, -0.2) is 25.9 Å². The van der Waals surface area contributed by atoms with Gasteiger partial charge in [-0.3, -0.25) is 0 Å². The zero-order valence-electron chi connectivity index (χ0n) is 10.8. The van der Waals surface area contributed by atoms with Crippen LogP contribution < -0.4 is 10.1 Å². The molecule has 1 aromatic rings. The van der Waals surface area contributed by atoms with Gasteiger partial charge in [0.1, 0.15) is 31.5 Å². The lowest BCUT2D eigenvalue weighted by Crippen LogP contribution is -2.84. The highest BCUT2D eigenvalue weighted by atomic mass is 16.5. The summed E-state index contributed by atoms with van der Waals surface area (Å²) >= 11 is 0. The van der Waals surface area contributed by atoms with Gasteiger partial charge in [0, 0.05) is 12.2 Å². The maximum absolute atomic E-state index is 5.59. The molecule has 0 bridgehead atoms. The topological polar surface area (TPSA) is 35.1 Å². The number of hydrogen-bond donors (Lipinski definition) is 1. The van der Waals surface area contributed by atoms with E-state index in [4.69, 9.17) is 9.47 Å². The SMILES string of the molecule is C=CCOc1ccc(C[NH2+]C[C@@H]2CCCO2)cc1. The van der Waals surface area contributed by atoms with E-state index in [9.17, 15) is 0 Å². The first-order valence-corrected chi connectivity index (χ1v) is 6.64. The Kier molecular flexibility index (Phi) is 5.24. The summed E-state index contributed by atoms with van der Waals surface area (Å²) in [6.45, 7) is 7.19. The summed E-state index contributed by atoms with van der Waals surface area (Å²) in [6, 6.07) is 8.26. The zero-order chi connectivity index (χ0) is 12.6. The Morgan fingerprint density at radius 2 is 2.22 bits per heavy atom. The lowest BCUT2D eigenvalue weighted by Gasteiger charge is -2.08. The van der Waals surface area contributed by atoms with E-state index in [1.165, 1.54) is 18.4 Å². The molecule has 1 atom stereocenters. The number of benzene rings is 1. The lowest BCUT2D eigenvalue weighted by molar-refractivity contribution is -0.676. The van der Waals surface area contributed by atoms with Crippen molar-refractivity contribution in [1.82, 2.24) is 0 Å². The van der Waals surface area contributed by atoms with Crippen molar-refractivity contribution in [3.05, 3.63) is 42.5 Å². The fourth-order valence-corrected chi connectivity index (χ4v) is 2.14. The number of ether oxygens (including phenoxy) is 2. The largest absolute Gasteiger partial charge is 0.490 e. The summed E-state index contributed by atoms with van der Waals surface area (Å²) in [6.07, 6.45) is 4.64. The van der Waals surface area contributed by atoms with E-state index >= 15 is 0 Å². The molecule has 0 unspecified atom stereocenters. The number of hydrogen-bond acceptors (Lipinski definition) is 2. The molecule has 0 amide bonds. The third-order valence-electron chi connectivity index (χ3n) is 3.12. The summed E-state index contributed by atoms with van der Waals surface area (Å²) < 4.78 is 11.0. The Bertz CT molecular complexity index is 355. The molecule has 1 aliphatic rings. The third-order valence-corrected chi connectivity index (χ3v) is 3.12. The van der Waals surface area contributed by atoms with Crippen molar-refractivity contribution in [3.8, 4) is 5.75 Å². The van der Waals surface area contributed by atoms with Crippen molar-refractivity contribution in [2.75, 3.05) is 19.8 Å². The number of quaternary nitrogens is 1. The number of nitrogens with two attached hydrogens (primary N) is 1. The summed E-state index contributed by atoms with van der Waals surface area (Å²) in [4.78, 5) is 0. The molecule has 18 heavy (non-hydrogen) atoms. The maximum atomic E-state index is 5.59. The van der Waals surface area contributed by atoms with E-state index in [-0.39, 0.29) is 0 Å². The van der Waals surface area contributed by atoms with Crippen LogP contribution in [0.2, 0.25) is 0 Å². The molecule has 1 fully saturated rings. The van der Waals surface area contributed by atoms with Gasteiger partial charge in [-0.15, -0.1) is 0 Å². The minimum atomic E-state index is 0.459. The molecule has 2 N–H and O–H groups in total. The molecule has 1 aromatic carbocycles. The molecule has 1 heterocycles. The van der Waals surface area contributed by atoms with Gasteiger partial charge in [-0.1, -0.05) is 12.7 Å². The van der Waals surface area contributed by atoms with Crippen molar-refractivity contribution in [1.29, 1.82) is 0 Å². The Morgan fingerprint density at radius 3 is 2.89 bits per heavy atom. The van der Waals surface area contributed by atoms with Crippen LogP contribution in [0.1, 0.15) is 18.4 Å². The summed E-state index contributed by atoms with van der Waals surface area (Å²) in [5.41, 5.74) is 1.32. The van der Waals surface area contributed by atoms with Crippen LogP contribution in [0.5, 0.6) is 5.75 Å². The Hall–Kier alpha value is -1.32. The summed E-state index contributed by atoms with van der Waals surface area (Å²) in [7, 11) is 0. The predicted octanol–water partition coefficient (Wildman–Crippen LogP) is 1.49. The van der Waals surface area contributed by atoms with Crippen LogP contribution in [0.15, 0.2) is 36.9 Å². The average molecular weight is 248 g/mol. The maximum Gasteiger partial charge on any atom is 0.119 e. The molecule has 1 saturated heterocycles. The van der Waals surface area contributed by atoms with Crippen LogP contribution in [0.25, 0.3) is 0 Å². The first kappa shape index (κ1) is 13.1. The fourth-order valence-electron chi connectivity index (χ4n) is 2.14. The van der Waals surface area contributed by atoms with Crippen LogP contribution in [0, 0.1) is 0 Å². The van der Waals surface area contributed by atoms with Gasteiger partial charge in [-0.2, -0.15) is 0 Å². The zero-order valence-corrected chi connectivity index (χ0v) is 10.8.